The molecule has 0 radical (unpaired) electrons. The van der Waals surface area contributed by atoms with E-state index >= 15 is 0 Å². The average molecular weight is 384 g/mol. The van der Waals surface area contributed by atoms with Crippen LogP contribution < -0.4 is 10.5 Å². The molecule has 1 heterocycles. The highest BCUT2D eigenvalue weighted by Gasteiger charge is 2.33. The number of nitrogens with two attached hydrogens (primary N) is 1. The van der Waals surface area contributed by atoms with E-state index in [2.05, 4.69) is 0 Å². The van der Waals surface area contributed by atoms with Crippen molar-refractivity contribution in [2.75, 3.05) is 33.3 Å². The zero-order chi connectivity index (χ0) is 19.5. The van der Waals surface area contributed by atoms with Crippen molar-refractivity contribution < 1.29 is 17.9 Å². The van der Waals surface area contributed by atoms with Crippen molar-refractivity contribution >= 4 is 15.9 Å². The Bertz CT molecular complexity index is 747. The topological polar surface area (TPSA) is 92.9 Å². The van der Waals surface area contributed by atoms with E-state index in [1.165, 1.54) is 17.5 Å². The highest BCUT2D eigenvalue weighted by atomic mass is 32.2. The molecule has 1 aromatic rings. The molecule has 1 fully saturated rings. The standard InChI is InChI=1S/C18H29N3O4S/c1-5-20(6-2)26(23,24)17-10-15(7-8-16(17)25-4)18(22)21-12-14(11-19)9-13(21)3/h7-8,10,13-14H,5-6,9,11-12,19H2,1-4H3. The fraction of sp³-hybridized carbons (Fsp3) is 0.611. The Morgan fingerprint density at radius 2 is 2.00 bits per heavy atom. The molecular formula is C18H29N3O4S. The first-order chi connectivity index (χ1) is 12.3. The van der Waals surface area contributed by atoms with E-state index in [9.17, 15) is 13.2 Å². The van der Waals surface area contributed by atoms with Crippen LogP contribution in [0.1, 0.15) is 37.6 Å². The van der Waals surface area contributed by atoms with Crippen LogP contribution >= 0.6 is 0 Å². The second-order valence-corrected chi connectivity index (χ2v) is 8.51. The third-order valence-corrected chi connectivity index (χ3v) is 7.06. The number of nitrogens with zero attached hydrogens (tertiary/aromatic N) is 2. The van der Waals surface area contributed by atoms with Crippen LogP contribution in [0, 0.1) is 5.92 Å². The van der Waals surface area contributed by atoms with Crippen molar-refractivity contribution in [1.29, 1.82) is 0 Å². The summed E-state index contributed by atoms with van der Waals surface area (Å²) in [6.45, 7) is 7.38. The predicted molar refractivity (Wildman–Crippen MR) is 101 cm³/mol. The lowest BCUT2D eigenvalue weighted by Crippen LogP contribution is -2.35. The lowest BCUT2D eigenvalue weighted by molar-refractivity contribution is 0.0743. The van der Waals surface area contributed by atoms with Crippen molar-refractivity contribution in [2.45, 2.75) is 38.1 Å². The van der Waals surface area contributed by atoms with Crippen molar-refractivity contribution in [3.05, 3.63) is 23.8 Å². The molecule has 146 valence electrons. The van der Waals surface area contributed by atoms with E-state index in [0.717, 1.165) is 6.42 Å². The minimum atomic E-state index is -3.73. The Kier molecular flexibility index (Phi) is 6.65. The van der Waals surface area contributed by atoms with Gasteiger partial charge in [-0.25, -0.2) is 8.42 Å². The molecule has 1 aromatic carbocycles. The number of sulfonamides is 1. The number of likely N-dealkylation sites (tertiary alicyclic amines) is 1. The number of amides is 1. The molecule has 8 heteroatoms. The van der Waals surface area contributed by atoms with Crippen molar-refractivity contribution in [2.24, 2.45) is 11.7 Å². The van der Waals surface area contributed by atoms with Crippen LogP contribution in [0.2, 0.25) is 0 Å². The van der Waals surface area contributed by atoms with Gasteiger partial charge in [-0.05, 0) is 44.0 Å². The zero-order valence-electron chi connectivity index (χ0n) is 15.9. The van der Waals surface area contributed by atoms with Gasteiger partial charge in [0.2, 0.25) is 10.0 Å². The monoisotopic (exact) mass is 383 g/mol. The Balaban J connectivity index is 2.42. The third-order valence-electron chi connectivity index (χ3n) is 4.99. The number of carbonyl (C=O) groups is 1. The molecule has 2 N–H and O–H groups in total. The fourth-order valence-corrected chi connectivity index (χ4v) is 5.12. The van der Waals surface area contributed by atoms with Gasteiger partial charge in [0, 0.05) is 31.2 Å². The van der Waals surface area contributed by atoms with Gasteiger partial charge < -0.3 is 15.4 Å². The predicted octanol–water partition coefficient (Wildman–Crippen LogP) is 1.54. The van der Waals surface area contributed by atoms with E-state index in [0.29, 0.717) is 31.7 Å². The van der Waals surface area contributed by atoms with Gasteiger partial charge in [-0.1, -0.05) is 13.8 Å². The normalized spacial score (nSPS) is 20.6. The number of benzene rings is 1. The van der Waals surface area contributed by atoms with Gasteiger partial charge in [-0.15, -0.1) is 0 Å². The fourth-order valence-electron chi connectivity index (χ4n) is 3.48. The Morgan fingerprint density at radius 1 is 1.35 bits per heavy atom. The number of methoxy groups -OCH3 is 1. The van der Waals surface area contributed by atoms with Gasteiger partial charge in [-0.3, -0.25) is 4.79 Å². The van der Waals surface area contributed by atoms with Crippen molar-refractivity contribution in [3.63, 3.8) is 0 Å². The van der Waals surface area contributed by atoms with E-state index in [-0.39, 0.29) is 28.5 Å². The van der Waals surface area contributed by atoms with E-state index in [1.54, 1.807) is 30.9 Å². The van der Waals surface area contributed by atoms with Crippen LogP contribution in [0.3, 0.4) is 0 Å². The largest absolute Gasteiger partial charge is 0.495 e. The first-order valence-corrected chi connectivity index (χ1v) is 10.4. The molecule has 2 rings (SSSR count). The average Bonchev–Trinajstić information content (AvgIpc) is 3.02. The second kappa shape index (κ2) is 8.37. The SMILES string of the molecule is CCN(CC)S(=O)(=O)c1cc(C(=O)N2CC(CN)CC2C)ccc1OC. The number of hydrogen-bond donors (Lipinski definition) is 1. The lowest BCUT2D eigenvalue weighted by atomic mass is 10.1. The van der Waals surface area contributed by atoms with E-state index < -0.39 is 10.0 Å². The first-order valence-electron chi connectivity index (χ1n) is 8.99. The zero-order valence-corrected chi connectivity index (χ0v) is 16.8. The Hall–Kier alpha value is -1.64. The number of hydrogen-bond acceptors (Lipinski definition) is 5. The number of rotatable bonds is 7. The summed E-state index contributed by atoms with van der Waals surface area (Å²) in [5, 5.41) is 0. The van der Waals surface area contributed by atoms with Gasteiger partial charge in [0.25, 0.3) is 5.91 Å². The molecule has 2 atom stereocenters. The molecule has 1 amide bonds. The van der Waals surface area contributed by atoms with E-state index in [1.807, 2.05) is 6.92 Å². The molecule has 0 aromatic heterocycles. The van der Waals surface area contributed by atoms with Gasteiger partial charge in [0.05, 0.1) is 7.11 Å². The summed E-state index contributed by atoms with van der Waals surface area (Å²) in [6, 6.07) is 4.67. The summed E-state index contributed by atoms with van der Waals surface area (Å²) in [5.41, 5.74) is 6.09. The van der Waals surface area contributed by atoms with Gasteiger partial charge >= 0.3 is 0 Å². The molecule has 26 heavy (non-hydrogen) atoms. The summed E-state index contributed by atoms with van der Waals surface area (Å²) >= 11 is 0. The highest BCUT2D eigenvalue weighted by molar-refractivity contribution is 7.89. The van der Waals surface area contributed by atoms with Crippen LogP contribution in [0.4, 0.5) is 0 Å². The summed E-state index contributed by atoms with van der Waals surface area (Å²) in [7, 11) is -2.31. The molecule has 1 aliphatic heterocycles. The van der Waals surface area contributed by atoms with Crippen molar-refractivity contribution in [3.8, 4) is 5.75 Å². The van der Waals surface area contributed by atoms with Crippen LogP contribution in [-0.4, -0.2) is 62.9 Å². The summed E-state index contributed by atoms with van der Waals surface area (Å²) < 4.78 is 32.5. The molecule has 2 unspecified atom stereocenters. The van der Waals surface area contributed by atoms with Gasteiger partial charge in [0.1, 0.15) is 10.6 Å². The van der Waals surface area contributed by atoms with Crippen LogP contribution in [0.25, 0.3) is 0 Å². The minimum Gasteiger partial charge on any atom is -0.495 e. The maximum Gasteiger partial charge on any atom is 0.254 e. The third kappa shape index (κ3) is 3.87. The number of carbonyl (C=O) groups excluding carboxylic acids is 1. The lowest BCUT2D eigenvalue weighted by Gasteiger charge is -2.23. The molecule has 0 aliphatic carbocycles. The second-order valence-electron chi connectivity index (χ2n) is 6.60. The molecular weight excluding hydrogens is 354 g/mol. The van der Waals surface area contributed by atoms with Crippen LogP contribution in [-0.2, 0) is 10.0 Å². The maximum atomic E-state index is 12.9. The summed E-state index contributed by atoms with van der Waals surface area (Å²) in [6.07, 6.45) is 0.864. The number of ether oxygens (including phenoxy) is 1. The van der Waals surface area contributed by atoms with Gasteiger partial charge in [-0.2, -0.15) is 4.31 Å². The first kappa shape index (κ1) is 20.7. The Morgan fingerprint density at radius 3 is 2.50 bits per heavy atom. The molecule has 0 saturated carbocycles. The minimum absolute atomic E-state index is 0.0248. The smallest absolute Gasteiger partial charge is 0.254 e. The van der Waals surface area contributed by atoms with Crippen molar-refractivity contribution in [1.82, 2.24) is 9.21 Å². The highest BCUT2D eigenvalue weighted by Crippen LogP contribution is 2.30. The maximum absolute atomic E-state index is 12.9. The molecule has 1 aliphatic rings. The summed E-state index contributed by atoms with van der Waals surface area (Å²) in [5.74, 6) is 0.348. The molecule has 7 nitrogen and oxygen atoms in total. The van der Waals surface area contributed by atoms with E-state index in [4.69, 9.17) is 10.5 Å². The molecule has 0 spiro atoms. The molecule has 0 bridgehead atoms. The van der Waals surface area contributed by atoms with Crippen LogP contribution in [0.5, 0.6) is 5.75 Å². The van der Waals surface area contributed by atoms with Crippen LogP contribution in [0.15, 0.2) is 23.1 Å². The quantitative estimate of drug-likeness (QED) is 0.771. The molecule has 1 saturated heterocycles. The Labute approximate surface area is 156 Å². The van der Waals surface area contributed by atoms with Gasteiger partial charge in [0.15, 0.2) is 0 Å². The summed E-state index contributed by atoms with van der Waals surface area (Å²) in [4.78, 5) is 14.7.